The highest BCUT2D eigenvalue weighted by Crippen LogP contribution is 2.35. The Morgan fingerprint density at radius 1 is 0.702 bits per heavy atom. The van der Waals surface area contributed by atoms with Gasteiger partial charge in [0, 0.05) is 23.0 Å². The lowest BCUT2D eigenvalue weighted by molar-refractivity contribution is -0.469. The van der Waals surface area contributed by atoms with Crippen molar-refractivity contribution in [3.63, 3.8) is 0 Å². The van der Waals surface area contributed by atoms with E-state index in [-0.39, 0.29) is 19.7 Å². The molecule has 5 aromatic carbocycles. The number of ether oxygens (including phenoxy) is 2. The summed E-state index contributed by atoms with van der Waals surface area (Å²) in [5.41, 5.74) is 7.79. The van der Waals surface area contributed by atoms with Gasteiger partial charge in [-0.05, 0) is 78.2 Å². The number of methoxy groups -OCH3 is 2. The summed E-state index contributed by atoms with van der Waals surface area (Å²) in [5, 5.41) is 15.8. The number of quaternary nitrogens is 1. The fourth-order valence-corrected chi connectivity index (χ4v) is 6.72. The molecular formula is C42H43NO3P+. The number of allylic oxidation sites excluding steroid dienone is 4. The molecule has 4 nitrogen and oxygen atoms in total. The van der Waals surface area contributed by atoms with Crippen LogP contribution in [0.1, 0.15) is 43.0 Å². The molecule has 1 atom stereocenters. The first-order valence-corrected chi connectivity index (χ1v) is 16.7. The lowest BCUT2D eigenvalue weighted by atomic mass is 9.86. The second kappa shape index (κ2) is 15.1. The number of benzene rings is 5. The van der Waals surface area contributed by atoms with Gasteiger partial charge >= 0.3 is 0 Å². The van der Waals surface area contributed by atoms with E-state index < -0.39 is 0 Å². The molecule has 0 spiro atoms. The van der Waals surface area contributed by atoms with E-state index in [9.17, 15) is 5.11 Å². The lowest BCUT2D eigenvalue weighted by Gasteiger charge is -2.22. The van der Waals surface area contributed by atoms with Crippen molar-refractivity contribution in [3.05, 3.63) is 162 Å². The molecule has 0 aliphatic rings. The zero-order chi connectivity index (χ0) is 33.4. The fourth-order valence-electron chi connectivity index (χ4n) is 5.34. The standard InChI is InChI=1S/C42H42NO3P/c1-29(30-17-10-7-11-18-30)25-33(31-19-12-8-13-20-31)26-35(32-21-14-9-15-22-32)43-36-27-34(42(2,3)4)28-39(40(36)44)47-41-37(45-5)23-16-24-38(41)46-6/h7-28,43-44,47H,1H2,2-6H3/p+1/b33-25+,35-26-. The lowest BCUT2D eigenvalue weighted by Crippen LogP contribution is -2.74. The number of rotatable bonds is 11. The Hall–Kier alpha value is -4.89. The summed E-state index contributed by atoms with van der Waals surface area (Å²) >= 11 is 0. The van der Waals surface area contributed by atoms with Gasteiger partial charge in [-0.3, -0.25) is 5.32 Å². The zero-order valence-electron chi connectivity index (χ0n) is 27.7. The van der Waals surface area contributed by atoms with Crippen LogP contribution < -0.4 is 25.4 Å². The normalized spacial score (nSPS) is 12.4. The molecule has 0 aromatic heterocycles. The Labute approximate surface area is 280 Å². The van der Waals surface area contributed by atoms with Crippen LogP contribution in [0.25, 0.3) is 16.8 Å². The summed E-state index contributed by atoms with van der Waals surface area (Å²) in [6.45, 7) is 11.0. The Morgan fingerprint density at radius 3 is 1.77 bits per heavy atom. The second-order valence-corrected chi connectivity index (χ2v) is 13.6. The number of phenolic OH excluding ortho intramolecular Hbond substituents is 1. The molecule has 0 amide bonds. The Balaban J connectivity index is 1.67. The van der Waals surface area contributed by atoms with Crippen molar-refractivity contribution in [3.8, 4) is 17.2 Å². The molecule has 5 rings (SSSR count). The molecule has 0 saturated heterocycles. The molecule has 3 N–H and O–H groups in total. The van der Waals surface area contributed by atoms with E-state index in [1.165, 1.54) is 0 Å². The highest BCUT2D eigenvalue weighted by Gasteiger charge is 2.24. The average molecular weight is 641 g/mol. The van der Waals surface area contributed by atoms with E-state index in [0.717, 1.165) is 66.9 Å². The van der Waals surface area contributed by atoms with Crippen LogP contribution in [0.3, 0.4) is 0 Å². The van der Waals surface area contributed by atoms with E-state index in [2.05, 4.69) is 93.3 Å². The largest absolute Gasteiger partial charge is 0.502 e. The minimum Gasteiger partial charge on any atom is -0.502 e. The summed E-state index contributed by atoms with van der Waals surface area (Å²) in [6.07, 6.45) is 4.32. The molecule has 0 heterocycles. The molecule has 47 heavy (non-hydrogen) atoms. The minimum atomic E-state index is -0.153. The van der Waals surface area contributed by atoms with Crippen LogP contribution in [0, 0.1) is 0 Å². The number of nitrogens with two attached hydrogens (primary N) is 1. The maximum atomic E-state index is 11.9. The number of hydrogen-bond donors (Lipinski definition) is 2. The van der Waals surface area contributed by atoms with Gasteiger partial charge in [0.1, 0.15) is 17.2 Å². The van der Waals surface area contributed by atoms with E-state index in [0.29, 0.717) is 0 Å². The molecule has 0 bridgehead atoms. The van der Waals surface area contributed by atoms with Crippen LogP contribution in [-0.4, -0.2) is 19.3 Å². The molecule has 5 heteroatoms. The van der Waals surface area contributed by atoms with Crippen LogP contribution >= 0.6 is 8.58 Å². The monoisotopic (exact) mass is 640 g/mol. The third kappa shape index (κ3) is 8.29. The molecule has 5 aromatic rings. The highest BCUT2D eigenvalue weighted by molar-refractivity contribution is 7.56. The van der Waals surface area contributed by atoms with Gasteiger partial charge < -0.3 is 14.6 Å². The summed E-state index contributed by atoms with van der Waals surface area (Å²) in [7, 11) is 3.44. The third-order valence-corrected chi connectivity index (χ3v) is 9.40. The summed E-state index contributed by atoms with van der Waals surface area (Å²) in [4.78, 5) is 0. The minimum absolute atomic E-state index is 0.113. The van der Waals surface area contributed by atoms with Crippen LogP contribution in [-0.2, 0) is 5.41 Å². The van der Waals surface area contributed by atoms with Crippen LogP contribution in [0.4, 0.5) is 5.69 Å². The SMILES string of the molecule is C=C(/C=C(\C=C(/[NH2+]c1cc(C(C)(C)C)cc(Pc2c(OC)cccc2OC)c1O)c1ccccc1)c1ccccc1)c1ccccc1. The molecule has 0 aliphatic carbocycles. The first-order chi connectivity index (χ1) is 22.7. The van der Waals surface area contributed by atoms with Crippen LogP contribution in [0.2, 0.25) is 0 Å². The van der Waals surface area contributed by atoms with Crippen molar-refractivity contribution >= 4 is 41.7 Å². The molecule has 0 saturated carbocycles. The van der Waals surface area contributed by atoms with Gasteiger partial charge in [0.25, 0.3) is 0 Å². The Bertz CT molecular complexity index is 1870. The third-order valence-electron chi connectivity index (χ3n) is 8.00. The van der Waals surface area contributed by atoms with Gasteiger partial charge in [0.2, 0.25) is 0 Å². The first kappa shape index (κ1) is 33.5. The van der Waals surface area contributed by atoms with Crippen molar-refractivity contribution in [2.45, 2.75) is 26.2 Å². The van der Waals surface area contributed by atoms with Crippen molar-refractivity contribution in [1.29, 1.82) is 0 Å². The molecule has 0 radical (unpaired) electrons. The maximum absolute atomic E-state index is 11.9. The predicted molar refractivity (Wildman–Crippen MR) is 200 cm³/mol. The number of phenols is 1. The molecule has 0 aliphatic heterocycles. The first-order valence-electron chi connectivity index (χ1n) is 15.7. The Morgan fingerprint density at radius 2 is 1.23 bits per heavy atom. The van der Waals surface area contributed by atoms with Gasteiger partial charge in [-0.15, -0.1) is 0 Å². The fraction of sp³-hybridized carbons (Fsp3) is 0.143. The molecule has 1 unspecified atom stereocenters. The van der Waals surface area contributed by atoms with E-state index in [1.807, 2.05) is 72.8 Å². The molecular weight excluding hydrogens is 597 g/mol. The van der Waals surface area contributed by atoms with Crippen molar-refractivity contribution in [2.24, 2.45) is 0 Å². The second-order valence-electron chi connectivity index (χ2n) is 12.3. The van der Waals surface area contributed by atoms with Gasteiger partial charge in [-0.2, -0.15) is 0 Å². The highest BCUT2D eigenvalue weighted by atomic mass is 31.1. The van der Waals surface area contributed by atoms with Gasteiger partial charge in [0.15, 0.2) is 11.4 Å². The molecule has 238 valence electrons. The van der Waals surface area contributed by atoms with E-state index in [1.54, 1.807) is 14.2 Å². The number of aromatic hydroxyl groups is 1. The predicted octanol–water partition coefficient (Wildman–Crippen LogP) is 8.37. The summed E-state index contributed by atoms with van der Waals surface area (Å²) < 4.78 is 11.4. The topological polar surface area (TPSA) is 55.3 Å². The summed E-state index contributed by atoms with van der Waals surface area (Å²) in [5.74, 6) is 1.70. The van der Waals surface area contributed by atoms with Crippen molar-refractivity contribution < 1.29 is 19.9 Å². The van der Waals surface area contributed by atoms with Crippen LogP contribution in [0.5, 0.6) is 17.2 Å². The smallest absolute Gasteiger partial charge is 0.185 e. The van der Waals surface area contributed by atoms with E-state index >= 15 is 0 Å². The van der Waals surface area contributed by atoms with Crippen molar-refractivity contribution in [2.75, 3.05) is 14.2 Å². The Kier molecular flexibility index (Phi) is 10.8. The average Bonchev–Trinajstić information content (AvgIpc) is 3.09. The van der Waals surface area contributed by atoms with E-state index in [4.69, 9.17) is 9.47 Å². The van der Waals surface area contributed by atoms with Gasteiger partial charge in [-0.1, -0.05) is 112 Å². The van der Waals surface area contributed by atoms with Gasteiger partial charge in [0.05, 0.1) is 19.5 Å². The van der Waals surface area contributed by atoms with Gasteiger partial charge in [-0.25, -0.2) is 0 Å². The summed E-state index contributed by atoms with van der Waals surface area (Å²) in [6, 6.07) is 40.8. The zero-order valence-corrected chi connectivity index (χ0v) is 28.7. The van der Waals surface area contributed by atoms with Crippen molar-refractivity contribution in [1.82, 2.24) is 0 Å². The number of hydrogen-bond acceptors (Lipinski definition) is 3. The quantitative estimate of drug-likeness (QED) is 0.0660. The van der Waals surface area contributed by atoms with Crippen LogP contribution in [0.15, 0.2) is 140 Å². The maximum Gasteiger partial charge on any atom is 0.185 e. The molecule has 0 fully saturated rings.